The van der Waals surface area contributed by atoms with Crippen molar-refractivity contribution in [2.24, 2.45) is 0 Å². The molecule has 24 heavy (non-hydrogen) atoms. The minimum Gasteiger partial charge on any atom is -0.357 e. The first-order chi connectivity index (χ1) is 11.4. The first-order valence-electron chi connectivity index (χ1n) is 7.93. The number of carbonyl (C=O) groups excluding carboxylic acids is 3. The lowest BCUT2D eigenvalue weighted by Gasteiger charge is -2.40. The van der Waals surface area contributed by atoms with Gasteiger partial charge in [-0.2, -0.15) is 0 Å². The highest BCUT2D eigenvalue weighted by Gasteiger charge is 2.34. The van der Waals surface area contributed by atoms with E-state index in [4.69, 9.17) is 0 Å². The molecule has 1 heterocycles. The highest BCUT2D eigenvalue weighted by Crippen LogP contribution is 2.13. The van der Waals surface area contributed by atoms with E-state index in [9.17, 15) is 18.8 Å². The number of nitrogens with zero attached hydrogens (tertiary/aromatic N) is 2. The monoisotopic (exact) mass is 335 g/mol. The first-order valence-corrected chi connectivity index (χ1v) is 7.93. The molecule has 0 aromatic heterocycles. The number of hydrogen-bond acceptors (Lipinski definition) is 3. The number of likely N-dealkylation sites (N-methyl/N-ethyl adjacent to an activating group) is 1. The van der Waals surface area contributed by atoms with Crippen molar-refractivity contribution in [2.45, 2.75) is 25.8 Å². The fraction of sp³-hybridized carbons (Fsp3) is 0.471. The van der Waals surface area contributed by atoms with Crippen molar-refractivity contribution in [3.8, 4) is 0 Å². The molecule has 1 atom stereocenters. The van der Waals surface area contributed by atoms with E-state index in [2.05, 4.69) is 5.32 Å². The average Bonchev–Trinajstić information content (AvgIpc) is 2.59. The molecule has 6 nitrogen and oxygen atoms in total. The third-order valence-electron chi connectivity index (χ3n) is 4.23. The van der Waals surface area contributed by atoms with Gasteiger partial charge in [-0.15, -0.1) is 0 Å². The molecule has 130 valence electrons. The normalized spacial score (nSPS) is 17.5. The molecule has 0 aliphatic carbocycles. The van der Waals surface area contributed by atoms with Gasteiger partial charge in [-0.3, -0.25) is 14.4 Å². The number of benzene rings is 1. The Morgan fingerprint density at radius 2 is 1.88 bits per heavy atom. The number of amides is 3. The van der Waals surface area contributed by atoms with E-state index >= 15 is 0 Å². The van der Waals surface area contributed by atoms with Crippen LogP contribution in [0, 0.1) is 5.82 Å². The molecule has 1 aliphatic rings. The van der Waals surface area contributed by atoms with E-state index in [0.717, 1.165) is 5.56 Å². The Labute approximate surface area is 140 Å². The van der Waals surface area contributed by atoms with Crippen LogP contribution < -0.4 is 5.32 Å². The Hall–Kier alpha value is -2.44. The largest absolute Gasteiger partial charge is 0.357 e. The maximum atomic E-state index is 12.9. The lowest BCUT2D eigenvalue weighted by atomic mass is 10.1. The molecule has 0 spiro atoms. The quantitative estimate of drug-likeness (QED) is 0.874. The molecule has 1 N–H and O–H groups in total. The molecule has 1 aromatic rings. The van der Waals surface area contributed by atoms with E-state index in [1.54, 1.807) is 17.0 Å². The van der Waals surface area contributed by atoms with Crippen LogP contribution in [0.3, 0.4) is 0 Å². The van der Waals surface area contributed by atoms with Crippen LogP contribution in [0.25, 0.3) is 0 Å². The van der Waals surface area contributed by atoms with Gasteiger partial charge in [0.25, 0.3) is 0 Å². The van der Waals surface area contributed by atoms with Gasteiger partial charge in [0.15, 0.2) is 0 Å². The summed E-state index contributed by atoms with van der Waals surface area (Å²) in [5, 5.41) is 2.54. The second-order valence-corrected chi connectivity index (χ2v) is 5.81. The molecular weight excluding hydrogens is 313 g/mol. The number of nitrogens with one attached hydrogen (secondary N) is 1. The maximum Gasteiger partial charge on any atom is 0.244 e. The summed E-state index contributed by atoms with van der Waals surface area (Å²) >= 11 is 0. The zero-order valence-corrected chi connectivity index (χ0v) is 13.9. The van der Waals surface area contributed by atoms with E-state index in [1.807, 2.05) is 0 Å². The van der Waals surface area contributed by atoms with Gasteiger partial charge >= 0.3 is 0 Å². The highest BCUT2D eigenvalue weighted by atomic mass is 19.1. The fourth-order valence-electron chi connectivity index (χ4n) is 2.84. The second kappa shape index (κ2) is 7.90. The van der Waals surface area contributed by atoms with Crippen LogP contribution in [0.5, 0.6) is 0 Å². The maximum absolute atomic E-state index is 12.9. The van der Waals surface area contributed by atoms with Crippen molar-refractivity contribution in [1.29, 1.82) is 0 Å². The summed E-state index contributed by atoms with van der Waals surface area (Å²) in [5.41, 5.74) is 0.884. The van der Waals surface area contributed by atoms with Crippen LogP contribution in [-0.2, 0) is 20.8 Å². The van der Waals surface area contributed by atoms with Crippen molar-refractivity contribution >= 4 is 17.7 Å². The summed E-state index contributed by atoms with van der Waals surface area (Å²) in [6.07, 6.45) is 0.794. The van der Waals surface area contributed by atoms with Crippen molar-refractivity contribution < 1.29 is 18.8 Å². The smallest absolute Gasteiger partial charge is 0.244 e. The number of hydrogen-bond donors (Lipinski definition) is 1. The molecule has 0 unspecified atom stereocenters. The zero-order valence-electron chi connectivity index (χ0n) is 13.9. The third kappa shape index (κ3) is 4.31. The van der Waals surface area contributed by atoms with E-state index in [1.165, 1.54) is 31.0 Å². The van der Waals surface area contributed by atoms with Crippen LogP contribution in [-0.4, -0.2) is 60.2 Å². The fourth-order valence-corrected chi connectivity index (χ4v) is 2.84. The van der Waals surface area contributed by atoms with Gasteiger partial charge in [0.1, 0.15) is 11.9 Å². The minimum atomic E-state index is -0.656. The standard InChI is InChI=1S/C17H22FN3O3/c1-12(22)21-10-9-20(11-15(21)17(24)19-2)16(23)8-5-13-3-6-14(18)7-4-13/h3-4,6-7,15H,5,8-11H2,1-2H3,(H,19,24)/t15-/m0/s1. The summed E-state index contributed by atoms with van der Waals surface area (Å²) in [4.78, 5) is 39.1. The molecule has 3 amide bonds. The van der Waals surface area contributed by atoms with Crippen LogP contribution in [0.15, 0.2) is 24.3 Å². The average molecular weight is 335 g/mol. The number of piperazine rings is 1. The van der Waals surface area contributed by atoms with Crippen LogP contribution >= 0.6 is 0 Å². The Balaban J connectivity index is 1.96. The van der Waals surface area contributed by atoms with Crippen LogP contribution in [0.4, 0.5) is 4.39 Å². The molecule has 1 fully saturated rings. The van der Waals surface area contributed by atoms with Gasteiger partial charge in [0, 0.05) is 33.5 Å². The first kappa shape index (κ1) is 17.9. The van der Waals surface area contributed by atoms with Gasteiger partial charge in [-0.1, -0.05) is 12.1 Å². The topological polar surface area (TPSA) is 69.7 Å². The van der Waals surface area contributed by atoms with E-state index in [0.29, 0.717) is 19.5 Å². The van der Waals surface area contributed by atoms with Gasteiger partial charge in [-0.25, -0.2) is 4.39 Å². The van der Waals surface area contributed by atoms with Crippen molar-refractivity contribution in [2.75, 3.05) is 26.7 Å². The highest BCUT2D eigenvalue weighted by molar-refractivity contribution is 5.88. The van der Waals surface area contributed by atoms with Crippen molar-refractivity contribution in [3.05, 3.63) is 35.6 Å². The van der Waals surface area contributed by atoms with Gasteiger partial charge in [0.05, 0.1) is 6.54 Å². The number of carbonyl (C=O) groups is 3. The van der Waals surface area contributed by atoms with E-state index < -0.39 is 6.04 Å². The van der Waals surface area contributed by atoms with E-state index in [-0.39, 0.29) is 36.5 Å². The van der Waals surface area contributed by atoms with Gasteiger partial charge in [0.2, 0.25) is 17.7 Å². The van der Waals surface area contributed by atoms with Crippen molar-refractivity contribution in [1.82, 2.24) is 15.1 Å². The van der Waals surface area contributed by atoms with Crippen molar-refractivity contribution in [3.63, 3.8) is 0 Å². The second-order valence-electron chi connectivity index (χ2n) is 5.81. The Morgan fingerprint density at radius 1 is 1.21 bits per heavy atom. The lowest BCUT2D eigenvalue weighted by molar-refractivity contribution is -0.147. The zero-order chi connectivity index (χ0) is 17.7. The van der Waals surface area contributed by atoms with Gasteiger partial charge < -0.3 is 15.1 Å². The molecule has 1 aliphatic heterocycles. The number of halogens is 1. The number of rotatable bonds is 4. The lowest BCUT2D eigenvalue weighted by Crippen LogP contribution is -2.60. The third-order valence-corrected chi connectivity index (χ3v) is 4.23. The molecular formula is C17H22FN3O3. The molecule has 7 heteroatoms. The molecule has 1 aromatic carbocycles. The Bertz CT molecular complexity index is 618. The predicted octanol–water partition coefficient (Wildman–Crippen LogP) is 0.564. The summed E-state index contributed by atoms with van der Waals surface area (Å²) < 4.78 is 12.9. The molecule has 0 saturated carbocycles. The molecule has 1 saturated heterocycles. The predicted molar refractivity (Wildman–Crippen MR) is 86.5 cm³/mol. The molecule has 0 radical (unpaired) electrons. The summed E-state index contributed by atoms with van der Waals surface area (Å²) in [5.74, 6) is -0.835. The summed E-state index contributed by atoms with van der Waals surface area (Å²) in [6, 6.07) is 5.39. The molecule has 0 bridgehead atoms. The summed E-state index contributed by atoms with van der Waals surface area (Å²) in [6.45, 7) is 2.37. The SMILES string of the molecule is CNC(=O)[C@@H]1CN(C(=O)CCc2ccc(F)cc2)CCN1C(C)=O. The Morgan fingerprint density at radius 3 is 2.46 bits per heavy atom. The minimum absolute atomic E-state index is 0.0727. The Kier molecular flexibility index (Phi) is 5.89. The van der Waals surface area contributed by atoms with Crippen LogP contribution in [0.1, 0.15) is 18.9 Å². The summed E-state index contributed by atoms with van der Waals surface area (Å²) in [7, 11) is 1.51. The van der Waals surface area contributed by atoms with Crippen LogP contribution in [0.2, 0.25) is 0 Å². The molecule has 2 rings (SSSR count). The van der Waals surface area contributed by atoms with Gasteiger partial charge in [-0.05, 0) is 24.1 Å². The number of aryl methyl sites for hydroxylation is 1.